The van der Waals surface area contributed by atoms with Crippen molar-refractivity contribution in [2.45, 2.75) is 50.5 Å². The molecule has 206 valence electrons. The number of H-pyrrole nitrogens is 1. The van der Waals surface area contributed by atoms with Gasteiger partial charge in [0.05, 0.1) is 25.4 Å². The van der Waals surface area contributed by atoms with Crippen LogP contribution in [0.2, 0.25) is 0 Å². The summed E-state index contributed by atoms with van der Waals surface area (Å²) in [6.45, 7) is 3.49. The zero-order valence-electron chi connectivity index (χ0n) is 21.7. The maximum atomic E-state index is 15.9. The molecule has 0 bridgehead atoms. The molecule has 1 unspecified atom stereocenters. The molecule has 0 spiro atoms. The summed E-state index contributed by atoms with van der Waals surface area (Å²) in [5.41, 5.74) is 0.328. The molecule has 0 aliphatic carbocycles. The molecule has 0 radical (unpaired) electrons. The Kier molecular flexibility index (Phi) is 7.57. The Morgan fingerprint density at radius 1 is 1.16 bits per heavy atom. The Morgan fingerprint density at radius 2 is 1.84 bits per heavy atom. The number of alkyl halides is 2. The van der Waals surface area contributed by atoms with Crippen molar-refractivity contribution >= 4 is 10.9 Å². The van der Waals surface area contributed by atoms with E-state index in [4.69, 9.17) is 0 Å². The lowest BCUT2D eigenvalue weighted by molar-refractivity contribution is -0.00647. The molecule has 2 aromatic carbocycles. The van der Waals surface area contributed by atoms with Gasteiger partial charge in [-0.05, 0) is 56.0 Å². The van der Waals surface area contributed by atoms with Crippen LogP contribution in [-0.2, 0) is 6.42 Å². The molecule has 2 aliphatic rings. The number of benzene rings is 2. The third kappa shape index (κ3) is 4.97. The molecule has 5 nitrogen and oxygen atoms in total. The SMILES string of the molecule is C[C@@H]1Cc2c([nH]c3ccccc23)[C@@H](c2c(F)cc(C(O)C3CN(CCCF)C3)cc2F)N1C[C@](C)(F)CO. The number of aromatic amines is 1. The van der Waals surface area contributed by atoms with E-state index in [0.717, 1.165) is 16.5 Å². The molecular weight excluding hydrogens is 498 g/mol. The van der Waals surface area contributed by atoms with E-state index in [1.807, 2.05) is 36.1 Å². The highest BCUT2D eigenvalue weighted by atomic mass is 19.1. The van der Waals surface area contributed by atoms with Crippen LogP contribution in [0.15, 0.2) is 36.4 Å². The van der Waals surface area contributed by atoms with Gasteiger partial charge in [-0.25, -0.2) is 13.2 Å². The third-order valence-corrected chi connectivity index (χ3v) is 8.12. The van der Waals surface area contributed by atoms with Crippen LogP contribution in [0.1, 0.15) is 54.8 Å². The molecule has 3 heterocycles. The number of aliphatic hydroxyl groups is 2. The smallest absolute Gasteiger partial charge is 0.143 e. The van der Waals surface area contributed by atoms with E-state index >= 15 is 13.2 Å². The first kappa shape index (κ1) is 27.1. The van der Waals surface area contributed by atoms with Gasteiger partial charge >= 0.3 is 0 Å². The van der Waals surface area contributed by atoms with E-state index in [2.05, 4.69) is 4.98 Å². The molecule has 3 aromatic rings. The molecule has 38 heavy (non-hydrogen) atoms. The van der Waals surface area contributed by atoms with Crippen LogP contribution in [0, 0.1) is 17.6 Å². The zero-order valence-corrected chi connectivity index (χ0v) is 21.7. The van der Waals surface area contributed by atoms with Gasteiger partial charge in [-0.15, -0.1) is 0 Å². The van der Waals surface area contributed by atoms with Crippen molar-refractivity contribution in [1.29, 1.82) is 0 Å². The third-order valence-electron chi connectivity index (χ3n) is 8.12. The number of halogens is 4. The maximum absolute atomic E-state index is 15.9. The molecule has 0 saturated carbocycles. The van der Waals surface area contributed by atoms with Gasteiger partial charge in [-0.3, -0.25) is 9.29 Å². The van der Waals surface area contributed by atoms with Crippen molar-refractivity contribution in [2.24, 2.45) is 5.92 Å². The number of para-hydroxylation sites is 1. The molecule has 5 rings (SSSR count). The van der Waals surface area contributed by atoms with Crippen molar-refractivity contribution in [1.82, 2.24) is 14.8 Å². The molecule has 4 atom stereocenters. The van der Waals surface area contributed by atoms with Gasteiger partial charge in [0.15, 0.2) is 0 Å². The lowest BCUT2D eigenvalue weighted by atomic mass is 9.85. The molecule has 0 amide bonds. The predicted octanol–water partition coefficient (Wildman–Crippen LogP) is 4.83. The monoisotopic (exact) mass is 533 g/mol. The van der Waals surface area contributed by atoms with Crippen LogP contribution in [0.3, 0.4) is 0 Å². The minimum Gasteiger partial charge on any atom is -0.393 e. The second-order valence-electron chi connectivity index (χ2n) is 11.2. The van der Waals surface area contributed by atoms with Crippen molar-refractivity contribution < 1.29 is 27.8 Å². The van der Waals surface area contributed by atoms with Crippen LogP contribution < -0.4 is 0 Å². The fourth-order valence-electron chi connectivity index (χ4n) is 6.08. The summed E-state index contributed by atoms with van der Waals surface area (Å²) in [6, 6.07) is 8.77. The van der Waals surface area contributed by atoms with Gasteiger partial charge in [0, 0.05) is 60.3 Å². The predicted molar refractivity (Wildman–Crippen MR) is 138 cm³/mol. The fraction of sp³-hybridized carbons (Fsp3) is 0.517. The Labute approximate surface area is 220 Å². The number of aliphatic hydroxyl groups excluding tert-OH is 2. The fourth-order valence-corrected chi connectivity index (χ4v) is 6.08. The van der Waals surface area contributed by atoms with Gasteiger partial charge in [-0.1, -0.05) is 18.2 Å². The van der Waals surface area contributed by atoms with Crippen LogP contribution in [-0.4, -0.2) is 76.2 Å². The van der Waals surface area contributed by atoms with Crippen LogP contribution in [0.25, 0.3) is 10.9 Å². The minimum absolute atomic E-state index is 0.150. The normalized spacial score (nSPS) is 23.3. The highest BCUT2D eigenvalue weighted by Gasteiger charge is 2.42. The number of hydrogen-bond acceptors (Lipinski definition) is 4. The van der Waals surface area contributed by atoms with Gasteiger partial charge < -0.3 is 20.1 Å². The lowest BCUT2D eigenvalue weighted by Crippen LogP contribution is -2.50. The molecule has 9 heteroatoms. The molecule has 2 aliphatic heterocycles. The number of fused-ring (bicyclic) bond motifs is 3. The Morgan fingerprint density at radius 3 is 2.50 bits per heavy atom. The molecule has 1 saturated heterocycles. The molecular formula is C29H35F4N3O2. The number of likely N-dealkylation sites (tertiary alicyclic amines) is 1. The van der Waals surface area contributed by atoms with Gasteiger partial charge in [0.2, 0.25) is 0 Å². The summed E-state index contributed by atoms with van der Waals surface area (Å²) in [5, 5.41) is 21.4. The summed E-state index contributed by atoms with van der Waals surface area (Å²) < 4.78 is 59.3. The van der Waals surface area contributed by atoms with E-state index in [9.17, 15) is 14.6 Å². The Bertz CT molecular complexity index is 1270. The van der Waals surface area contributed by atoms with Crippen molar-refractivity contribution in [2.75, 3.05) is 39.5 Å². The summed E-state index contributed by atoms with van der Waals surface area (Å²) in [6.07, 6.45) is -0.0813. The molecule has 1 fully saturated rings. The number of nitrogens with zero attached hydrogens (tertiary/aromatic N) is 2. The van der Waals surface area contributed by atoms with Gasteiger partial charge in [0.1, 0.15) is 17.3 Å². The largest absolute Gasteiger partial charge is 0.393 e. The number of hydrogen-bond donors (Lipinski definition) is 3. The average molecular weight is 534 g/mol. The average Bonchev–Trinajstić information content (AvgIpc) is 3.22. The second-order valence-corrected chi connectivity index (χ2v) is 11.2. The summed E-state index contributed by atoms with van der Waals surface area (Å²) in [5.74, 6) is -1.82. The Hall–Kier alpha value is -2.46. The van der Waals surface area contributed by atoms with E-state index in [1.54, 1.807) is 4.90 Å². The minimum atomic E-state index is -1.97. The van der Waals surface area contributed by atoms with Crippen molar-refractivity contribution in [3.05, 3.63) is 70.4 Å². The highest BCUT2D eigenvalue weighted by molar-refractivity contribution is 5.85. The summed E-state index contributed by atoms with van der Waals surface area (Å²) >= 11 is 0. The lowest BCUT2D eigenvalue weighted by Gasteiger charge is -2.43. The first-order chi connectivity index (χ1) is 18.1. The second kappa shape index (κ2) is 10.6. The van der Waals surface area contributed by atoms with E-state index in [1.165, 1.54) is 19.1 Å². The van der Waals surface area contributed by atoms with Crippen LogP contribution in [0.5, 0.6) is 0 Å². The summed E-state index contributed by atoms with van der Waals surface area (Å²) in [4.78, 5) is 7.04. The quantitative estimate of drug-likeness (QED) is 0.345. The van der Waals surface area contributed by atoms with Crippen molar-refractivity contribution in [3.63, 3.8) is 0 Å². The first-order valence-electron chi connectivity index (χ1n) is 13.2. The van der Waals surface area contributed by atoms with Crippen molar-refractivity contribution in [3.8, 4) is 0 Å². The zero-order chi connectivity index (χ0) is 27.2. The maximum Gasteiger partial charge on any atom is 0.143 e. The van der Waals surface area contributed by atoms with Crippen LogP contribution >= 0.6 is 0 Å². The van der Waals surface area contributed by atoms with Gasteiger partial charge in [0.25, 0.3) is 0 Å². The number of rotatable bonds is 9. The van der Waals surface area contributed by atoms with E-state index < -0.39 is 42.7 Å². The van der Waals surface area contributed by atoms with Gasteiger partial charge in [-0.2, -0.15) is 0 Å². The topological polar surface area (TPSA) is 62.7 Å². The standard InChI is InChI=1S/C29H35F4N3O2/c1-17-10-21-20-6-3-4-7-24(20)34-26(21)27(36(17)15-29(2,33)16-37)25-22(31)11-18(12-23(25)32)28(38)19-13-35(14-19)9-5-8-30/h3-4,6-7,11-12,17,19,27-28,34,37-38H,5,8-10,13-16H2,1-2H3/t17-,27-,28?,29+/m1/s1. The first-order valence-corrected chi connectivity index (χ1v) is 13.2. The van der Waals surface area contributed by atoms with E-state index in [0.29, 0.717) is 38.2 Å². The summed E-state index contributed by atoms with van der Waals surface area (Å²) in [7, 11) is 0. The Balaban J connectivity index is 1.53. The highest BCUT2D eigenvalue weighted by Crippen LogP contribution is 2.44. The number of aromatic nitrogens is 1. The molecule has 1 aromatic heterocycles. The van der Waals surface area contributed by atoms with Crippen LogP contribution in [0.4, 0.5) is 17.6 Å². The molecule has 3 N–H and O–H groups in total. The van der Waals surface area contributed by atoms with E-state index in [-0.39, 0.29) is 29.6 Å². The number of nitrogens with one attached hydrogen (secondary N) is 1.